The molecule has 0 fully saturated rings. The molecule has 17 heavy (non-hydrogen) atoms. The summed E-state index contributed by atoms with van der Waals surface area (Å²) < 4.78 is 4.72. The minimum atomic E-state index is -1.11. The van der Waals surface area contributed by atoms with Gasteiger partial charge in [0.25, 0.3) is 0 Å². The van der Waals surface area contributed by atoms with Crippen molar-refractivity contribution in [3.05, 3.63) is 27.7 Å². The van der Waals surface area contributed by atoms with Gasteiger partial charge in [-0.05, 0) is 12.1 Å². The summed E-state index contributed by atoms with van der Waals surface area (Å²) in [5.74, 6) is -0.706. The maximum absolute atomic E-state index is 11.5. The number of benzene rings is 1. The van der Waals surface area contributed by atoms with E-state index in [-0.39, 0.29) is 27.9 Å². The van der Waals surface area contributed by atoms with Gasteiger partial charge in [-0.25, -0.2) is 4.79 Å². The van der Waals surface area contributed by atoms with E-state index in [0.29, 0.717) is 0 Å². The fraction of sp³-hybridized carbons (Fsp3) is 0.300. The summed E-state index contributed by atoms with van der Waals surface area (Å²) in [5, 5.41) is 17.9. The molecule has 4 N–H and O–H groups in total. The van der Waals surface area contributed by atoms with Gasteiger partial charge >= 0.3 is 5.97 Å². The topological polar surface area (TPSA) is 92.8 Å². The van der Waals surface area contributed by atoms with Gasteiger partial charge in [-0.1, -0.05) is 23.2 Å². The van der Waals surface area contributed by atoms with Gasteiger partial charge in [-0.3, -0.25) is 0 Å². The molecule has 7 heteroatoms. The van der Waals surface area contributed by atoms with Crippen LogP contribution < -0.4 is 5.73 Å². The highest BCUT2D eigenvalue weighted by molar-refractivity contribution is 6.43. The zero-order valence-corrected chi connectivity index (χ0v) is 10.2. The van der Waals surface area contributed by atoms with Crippen LogP contribution in [0.5, 0.6) is 0 Å². The van der Waals surface area contributed by atoms with Crippen LogP contribution in [-0.2, 0) is 4.74 Å². The lowest BCUT2D eigenvalue weighted by atomic mass is 10.2. The van der Waals surface area contributed by atoms with Crippen LogP contribution in [-0.4, -0.2) is 35.5 Å². The molecule has 1 atom stereocenters. The summed E-state index contributed by atoms with van der Waals surface area (Å²) in [5.41, 5.74) is 5.82. The third-order valence-electron chi connectivity index (χ3n) is 1.91. The van der Waals surface area contributed by atoms with Crippen LogP contribution in [0.1, 0.15) is 10.4 Å². The molecule has 0 aromatic heterocycles. The van der Waals surface area contributed by atoms with Crippen molar-refractivity contribution in [2.24, 2.45) is 0 Å². The number of anilines is 1. The van der Waals surface area contributed by atoms with Gasteiger partial charge in [-0.2, -0.15) is 0 Å². The van der Waals surface area contributed by atoms with Crippen molar-refractivity contribution >= 4 is 34.9 Å². The highest BCUT2D eigenvalue weighted by atomic mass is 35.5. The Morgan fingerprint density at radius 2 is 2.12 bits per heavy atom. The Morgan fingerprint density at radius 1 is 1.47 bits per heavy atom. The van der Waals surface area contributed by atoms with Gasteiger partial charge in [0.15, 0.2) is 0 Å². The molecule has 0 radical (unpaired) electrons. The number of aliphatic hydroxyl groups excluding tert-OH is 2. The second-order valence-electron chi connectivity index (χ2n) is 3.30. The van der Waals surface area contributed by atoms with E-state index in [1.54, 1.807) is 0 Å². The monoisotopic (exact) mass is 279 g/mol. The van der Waals surface area contributed by atoms with Crippen LogP contribution >= 0.6 is 23.2 Å². The van der Waals surface area contributed by atoms with E-state index in [9.17, 15) is 4.79 Å². The predicted molar refractivity (Wildman–Crippen MR) is 64.2 cm³/mol. The van der Waals surface area contributed by atoms with Crippen LogP contribution in [0.25, 0.3) is 0 Å². The summed E-state index contributed by atoms with van der Waals surface area (Å²) in [6.07, 6.45) is -1.11. The first kappa shape index (κ1) is 14.1. The van der Waals surface area contributed by atoms with Crippen molar-refractivity contribution in [3.63, 3.8) is 0 Å². The molecule has 0 aliphatic carbocycles. The highest BCUT2D eigenvalue weighted by Gasteiger charge is 2.14. The van der Waals surface area contributed by atoms with Crippen molar-refractivity contribution in [2.45, 2.75) is 6.10 Å². The Kier molecular flexibility index (Phi) is 5.02. The molecular weight excluding hydrogens is 269 g/mol. The molecule has 0 aliphatic rings. The number of carbonyl (C=O) groups is 1. The van der Waals surface area contributed by atoms with Crippen LogP contribution in [0.4, 0.5) is 5.69 Å². The van der Waals surface area contributed by atoms with E-state index in [4.69, 9.17) is 43.9 Å². The van der Waals surface area contributed by atoms with Gasteiger partial charge in [0.2, 0.25) is 0 Å². The zero-order valence-electron chi connectivity index (χ0n) is 8.69. The molecule has 0 saturated heterocycles. The lowest BCUT2D eigenvalue weighted by molar-refractivity contribution is 0.00933. The molecule has 0 heterocycles. The van der Waals surface area contributed by atoms with E-state index >= 15 is 0 Å². The molecule has 0 amide bonds. The number of nitrogen functional groups attached to an aromatic ring is 1. The van der Waals surface area contributed by atoms with Gasteiger partial charge < -0.3 is 20.7 Å². The molecule has 1 aromatic rings. The first-order valence-electron chi connectivity index (χ1n) is 4.66. The van der Waals surface area contributed by atoms with E-state index < -0.39 is 18.7 Å². The van der Waals surface area contributed by atoms with Crippen molar-refractivity contribution < 1.29 is 19.7 Å². The van der Waals surface area contributed by atoms with Gasteiger partial charge in [0.05, 0.1) is 27.9 Å². The number of nitrogens with two attached hydrogens (primary N) is 1. The minimum Gasteiger partial charge on any atom is -0.459 e. The average molecular weight is 280 g/mol. The highest BCUT2D eigenvalue weighted by Crippen LogP contribution is 2.29. The number of aliphatic hydroxyl groups is 2. The summed E-state index contributed by atoms with van der Waals surface area (Å²) in [7, 11) is 0. The molecule has 0 bridgehead atoms. The third kappa shape index (κ3) is 3.74. The Hall–Kier alpha value is -1.01. The molecular formula is C10H11Cl2NO4. The van der Waals surface area contributed by atoms with Gasteiger partial charge in [-0.15, -0.1) is 0 Å². The Labute approximate surface area is 108 Å². The quantitative estimate of drug-likeness (QED) is 0.567. The Morgan fingerprint density at radius 3 is 2.65 bits per heavy atom. The SMILES string of the molecule is Nc1cc(C(=O)OCC(O)CO)cc(Cl)c1Cl. The van der Waals surface area contributed by atoms with E-state index in [1.807, 2.05) is 0 Å². The molecule has 0 saturated carbocycles. The van der Waals surface area contributed by atoms with E-state index in [2.05, 4.69) is 0 Å². The van der Waals surface area contributed by atoms with E-state index in [1.165, 1.54) is 12.1 Å². The molecule has 0 aliphatic heterocycles. The zero-order chi connectivity index (χ0) is 13.0. The number of hydrogen-bond acceptors (Lipinski definition) is 5. The Bertz CT molecular complexity index is 402. The summed E-state index contributed by atoms with van der Waals surface area (Å²) in [6.45, 7) is -0.799. The summed E-state index contributed by atoms with van der Waals surface area (Å²) in [6, 6.07) is 2.63. The van der Waals surface area contributed by atoms with Crippen LogP contribution in [0, 0.1) is 0 Å². The largest absolute Gasteiger partial charge is 0.459 e. The molecule has 5 nitrogen and oxygen atoms in total. The van der Waals surface area contributed by atoms with Crippen LogP contribution in [0.15, 0.2) is 12.1 Å². The van der Waals surface area contributed by atoms with Crippen LogP contribution in [0.3, 0.4) is 0 Å². The summed E-state index contributed by atoms with van der Waals surface area (Å²) >= 11 is 11.5. The minimum absolute atomic E-state index is 0.127. The smallest absolute Gasteiger partial charge is 0.338 e. The molecule has 1 rings (SSSR count). The van der Waals surface area contributed by atoms with Crippen molar-refractivity contribution in [3.8, 4) is 0 Å². The third-order valence-corrected chi connectivity index (χ3v) is 2.73. The average Bonchev–Trinajstić information content (AvgIpc) is 2.31. The lowest BCUT2D eigenvalue weighted by Gasteiger charge is -2.09. The number of ether oxygens (including phenoxy) is 1. The maximum Gasteiger partial charge on any atom is 0.338 e. The second kappa shape index (κ2) is 6.07. The number of rotatable bonds is 4. The molecule has 1 aromatic carbocycles. The lowest BCUT2D eigenvalue weighted by Crippen LogP contribution is -2.22. The number of esters is 1. The molecule has 1 unspecified atom stereocenters. The maximum atomic E-state index is 11.5. The second-order valence-corrected chi connectivity index (χ2v) is 4.08. The van der Waals surface area contributed by atoms with Crippen LogP contribution in [0.2, 0.25) is 10.0 Å². The fourth-order valence-corrected chi connectivity index (χ4v) is 1.37. The Balaban J connectivity index is 2.76. The standard InChI is InChI=1S/C10H11Cl2NO4/c11-7-1-5(2-8(13)9(7)12)10(16)17-4-6(15)3-14/h1-2,6,14-15H,3-4,13H2. The van der Waals surface area contributed by atoms with Crippen molar-refractivity contribution in [2.75, 3.05) is 18.9 Å². The first-order valence-corrected chi connectivity index (χ1v) is 5.42. The normalized spacial score (nSPS) is 12.2. The summed E-state index contributed by atoms with van der Waals surface area (Å²) in [4.78, 5) is 11.5. The van der Waals surface area contributed by atoms with Crippen molar-refractivity contribution in [1.29, 1.82) is 0 Å². The van der Waals surface area contributed by atoms with Gasteiger partial charge in [0, 0.05) is 0 Å². The predicted octanol–water partition coefficient (Wildman–Crippen LogP) is 1.09. The molecule has 94 valence electrons. The van der Waals surface area contributed by atoms with Gasteiger partial charge in [0.1, 0.15) is 12.7 Å². The molecule has 0 spiro atoms. The van der Waals surface area contributed by atoms with E-state index in [0.717, 1.165) is 0 Å². The number of carbonyl (C=O) groups excluding carboxylic acids is 1. The number of hydrogen-bond donors (Lipinski definition) is 3. The fourth-order valence-electron chi connectivity index (χ4n) is 1.04. The number of halogens is 2. The van der Waals surface area contributed by atoms with Crippen molar-refractivity contribution in [1.82, 2.24) is 0 Å². The first-order chi connectivity index (χ1) is 7.95.